The van der Waals surface area contributed by atoms with Crippen LogP contribution in [0.3, 0.4) is 0 Å². The maximum Gasteiger partial charge on any atom is 0.243 e. The van der Waals surface area contributed by atoms with Gasteiger partial charge in [-0.05, 0) is 38.1 Å². The first-order valence-electron chi connectivity index (χ1n) is 7.81. The molecule has 0 unspecified atom stereocenters. The Hall–Kier alpha value is -2.13. The molecule has 0 saturated carbocycles. The van der Waals surface area contributed by atoms with E-state index in [1.165, 1.54) is 7.11 Å². The number of carbonyl (C=O) groups excluding carboxylic acids is 2. The summed E-state index contributed by atoms with van der Waals surface area (Å²) in [5.74, 6) is -5.60. The van der Waals surface area contributed by atoms with Crippen molar-refractivity contribution in [2.75, 3.05) is 38.7 Å². The number of anilines is 1. The maximum absolute atomic E-state index is 13.5. The molecule has 0 aliphatic carbocycles. The minimum Gasteiger partial charge on any atom is -0.384 e. The summed E-state index contributed by atoms with van der Waals surface area (Å²) in [4.78, 5) is 24.3. The smallest absolute Gasteiger partial charge is 0.243 e. The summed E-state index contributed by atoms with van der Waals surface area (Å²) in [6, 6.07) is 1.61. The van der Waals surface area contributed by atoms with Crippen LogP contribution in [0.4, 0.5) is 18.9 Å². The molecule has 0 radical (unpaired) electrons. The highest BCUT2D eigenvalue weighted by Gasteiger charge is 2.39. The summed E-state index contributed by atoms with van der Waals surface area (Å²) in [7, 11) is 1.50. The highest BCUT2D eigenvalue weighted by Crippen LogP contribution is 2.29. The lowest BCUT2D eigenvalue weighted by molar-refractivity contribution is -0.137. The van der Waals surface area contributed by atoms with Gasteiger partial charge < -0.3 is 20.7 Å². The molecule has 1 heterocycles. The third-order valence-electron chi connectivity index (χ3n) is 4.18. The van der Waals surface area contributed by atoms with E-state index in [1.807, 2.05) is 0 Å². The molecule has 1 aliphatic rings. The van der Waals surface area contributed by atoms with Gasteiger partial charge in [0.1, 0.15) is 0 Å². The standard InChI is InChI=1S/C16H20F3N3O3/c1-25-9-16(4-6-20-7-5-16)15(24)21-8-12(23)22-11-3-2-10(17)13(18)14(11)19/h2-3,20H,4-9H2,1H3,(H,21,24)(H,22,23). The molecule has 1 aliphatic heterocycles. The summed E-state index contributed by atoms with van der Waals surface area (Å²) in [6.07, 6.45) is 1.12. The number of hydrogen-bond donors (Lipinski definition) is 3. The Morgan fingerprint density at radius 2 is 1.88 bits per heavy atom. The van der Waals surface area contributed by atoms with Gasteiger partial charge in [0.25, 0.3) is 0 Å². The minimum atomic E-state index is -1.67. The number of hydrogen-bond acceptors (Lipinski definition) is 4. The van der Waals surface area contributed by atoms with E-state index in [2.05, 4.69) is 16.0 Å². The maximum atomic E-state index is 13.5. The number of methoxy groups -OCH3 is 1. The van der Waals surface area contributed by atoms with E-state index in [4.69, 9.17) is 4.74 Å². The molecule has 0 bridgehead atoms. The Balaban J connectivity index is 1.95. The van der Waals surface area contributed by atoms with Crippen molar-refractivity contribution in [3.8, 4) is 0 Å². The summed E-state index contributed by atoms with van der Waals surface area (Å²) < 4.78 is 44.7. The molecule has 2 rings (SSSR count). The molecule has 1 aromatic carbocycles. The third-order valence-corrected chi connectivity index (χ3v) is 4.18. The van der Waals surface area contributed by atoms with E-state index < -0.39 is 41.0 Å². The molecule has 0 spiro atoms. The Bertz CT molecular complexity index is 643. The van der Waals surface area contributed by atoms with Crippen molar-refractivity contribution in [3.05, 3.63) is 29.6 Å². The average molecular weight is 359 g/mol. The van der Waals surface area contributed by atoms with E-state index in [-0.39, 0.29) is 12.5 Å². The average Bonchev–Trinajstić information content (AvgIpc) is 2.61. The molecule has 0 atom stereocenters. The summed E-state index contributed by atoms with van der Waals surface area (Å²) >= 11 is 0. The third kappa shape index (κ3) is 4.49. The Morgan fingerprint density at radius 1 is 1.20 bits per heavy atom. The molecule has 9 heteroatoms. The van der Waals surface area contributed by atoms with Crippen molar-refractivity contribution in [1.29, 1.82) is 0 Å². The molecule has 1 fully saturated rings. The normalized spacial score (nSPS) is 16.3. The van der Waals surface area contributed by atoms with E-state index in [9.17, 15) is 22.8 Å². The van der Waals surface area contributed by atoms with Gasteiger partial charge in [-0.3, -0.25) is 9.59 Å². The fraction of sp³-hybridized carbons (Fsp3) is 0.500. The highest BCUT2D eigenvalue weighted by molar-refractivity contribution is 5.95. The monoisotopic (exact) mass is 359 g/mol. The number of amides is 2. The van der Waals surface area contributed by atoms with Gasteiger partial charge in [0.15, 0.2) is 17.5 Å². The van der Waals surface area contributed by atoms with Gasteiger partial charge >= 0.3 is 0 Å². The Morgan fingerprint density at radius 3 is 2.52 bits per heavy atom. The lowest BCUT2D eigenvalue weighted by Gasteiger charge is -2.35. The quantitative estimate of drug-likeness (QED) is 0.667. The van der Waals surface area contributed by atoms with Crippen LogP contribution in [-0.4, -0.2) is 45.2 Å². The van der Waals surface area contributed by atoms with Gasteiger partial charge in [-0.15, -0.1) is 0 Å². The fourth-order valence-electron chi connectivity index (χ4n) is 2.78. The summed E-state index contributed by atoms with van der Waals surface area (Å²) in [6.45, 7) is 1.11. The van der Waals surface area contributed by atoms with Gasteiger partial charge in [-0.25, -0.2) is 13.2 Å². The van der Waals surface area contributed by atoms with Crippen LogP contribution >= 0.6 is 0 Å². The predicted molar refractivity (Wildman–Crippen MR) is 84.4 cm³/mol. The second-order valence-corrected chi connectivity index (χ2v) is 5.92. The molecule has 1 saturated heterocycles. The van der Waals surface area contributed by atoms with Crippen LogP contribution in [-0.2, 0) is 14.3 Å². The molecular weight excluding hydrogens is 339 g/mol. The molecule has 3 N–H and O–H groups in total. The Labute approximate surface area is 143 Å². The van der Waals surface area contributed by atoms with Crippen molar-refractivity contribution in [3.63, 3.8) is 0 Å². The van der Waals surface area contributed by atoms with Crippen LogP contribution in [0.25, 0.3) is 0 Å². The fourth-order valence-corrected chi connectivity index (χ4v) is 2.78. The molecule has 0 aromatic heterocycles. The largest absolute Gasteiger partial charge is 0.384 e. The second kappa shape index (κ2) is 8.30. The lowest BCUT2D eigenvalue weighted by atomic mass is 9.78. The first-order chi connectivity index (χ1) is 11.9. The van der Waals surface area contributed by atoms with Gasteiger partial charge in [0.05, 0.1) is 24.3 Å². The van der Waals surface area contributed by atoms with Crippen LogP contribution in [0, 0.1) is 22.9 Å². The van der Waals surface area contributed by atoms with E-state index in [1.54, 1.807) is 0 Å². The molecule has 138 valence electrons. The van der Waals surface area contributed by atoms with Gasteiger partial charge in [0.2, 0.25) is 11.8 Å². The number of rotatable bonds is 6. The van der Waals surface area contributed by atoms with Gasteiger partial charge in [0, 0.05) is 7.11 Å². The Kier molecular flexibility index (Phi) is 6.38. The van der Waals surface area contributed by atoms with Crippen LogP contribution in [0.1, 0.15) is 12.8 Å². The van der Waals surface area contributed by atoms with Crippen LogP contribution < -0.4 is 16.0 Å². The van der Waals surface area contributed by atoms with E-state index in [0.717, 1.165) is 6.07 Å². The van der Waals surface area contributed by atoms with Crippen molar-refractivity contribution in [2.24, 2.45) is 5.41 Å². The van der Waals surface area contributed by atoms with Crippen LogP contribution in [0.2, 0.25) is 0 Å². The van der Waals surface area contributed by atoms with Crippen molar-refractivity contribution >= 4 is 17.5 Å². The zero-order valence-corrected chi connectivity index (χ0v) is 13.8. The van der Waals surface area contributed by atoms with Crippen LogP contribution in [0.15, 0.2) is 12.1 Å². The number of carbonyl (C=O) groups is 2. The number of nitrogens with one attached hydrogen (secondary N) is 3. The highest BCUT2D eigenvalue weighted by atomic mass is 19.2. The molecule has 1 aromatic rings. The van der Waals surface area contributed by atoms with E-state index >= 15 is 0 Å². The van der Waals surface area contributed by atoms with Crippen LogP contribution in [0.5, 0.6) is 0 Å². The molecule has 6 nitrogen and oxygen atoms in total. The van der Waals surface area contributed by atoms with Gasteiger partial charge in [-0.2, -0.15) is 0 Å². The van der Waals surface area contributed by atoms with Crippen molar-refractivity contribution < 1.29 is 27.5 Å². The molecule has 25 heavy (non-hydrogen) atoms. The first-order valence-corrected chi connectivity index (χ1v) is 7.81. The SMILES string of the molecule is COCC1(C(=O)NCC(=O)Nc2ccc(F)c(F)c2F)CCNCC1. The lowest BCUT2D eigenvalue weighted by Crippen LogP contribution is -2.51. The predicted octanol–water partition coefficient (Wildman–Crippen LogP) is 1.17. The first kappa shape index (κ1) is 19.2. The van der Waals surface area contributed by atoms with E-state index in [0.29, 0.717) is 32.0 Å². The number of halogens is 3. The zero-order valence-electron chi connectivity index (χ0n) is 13.8. The molecule has 2 amide bonds. The zero-order chi connectivity index (χ0) is 18.4. The van der Waals surface area contributed by atoms with Crippen molar-refractivity contribution in [2.45, 2.75) is 12.8 Å². The summed E-state index contributed by atoms with van der Waals surface area (Å²) in [5.41, 5.74) is -1.22. The number of ether oxygens (including phenoxy) is 1. The van der Waals surface area contributed by atoms with Crippen molar-refractivity contribution in [1.82, 2.24) is 10.6 Å². The van der Waals surface area contributed by atoms with Gasteiger partial charge in [-0.1, -0.05) is 0 Å². The summed E-state index contributed by atoms with van der Waals surface area (Å²) in [5, 5.41) is 7.74. The number of benzene rings is 1. The molecular formula is C16H20F3N3O3. The second-order valence-electron chi connectivity index (χ2n) is 5.92. The minimum absolute atomic E-state index is 0.222. The topological polar surface area (TPSA) is 79.5 Å². The number of piperidine rings is 1.